The topological polar surface area (TPSA) is 105 Å². The number of sulfonamides is 1. The summed E-state index contributed by atoms with van der Waals surface area (Å²) in [4.78, 5) is 29.3. The number of ether oxygens (including phenoxy) is 2. The van der Waals surface area contributed by atoms with Gasteiger partial charge in [0.05, 0.1) is 11.4 Å². The fourth-order valence-corrected chi connectivity index (χ4v) is 5.64. The second-order valence-electron chi connectivity index (χ2n) is 10.3. The lowest BCUT2D eigenvalue weighted by molar-refractivity contribution is -0.140. The molecular weight excluding hydrogens is 542 g/mol. The zero-order chi connectivity index (χ0) is 29.6. The number of rotatable bonds is 12. The van der Waals surface area contributed by atoms with E-state index in [4.69, 9.17) is 9.47 Å². The molecule has 3 aromatic rings. The summed E-state index contributed by atoms with van der Waals surface area (Å²) in [5.41, 5.74) is 3.05. The van der Waals surface area contributed by atoms with Crippen LogP contribution in [0.3, 0.4) is 0 Å². The molecule has 2 amide bonds. The highest BCUT2D eigenvalue weighted by Crippen LogP contribution is 2.36. The molecule has 1 aliphatic rings. The molecule has 3 aromatic carbocycles. The van der Waals surface area contributed by atoms with E-state index in [2.05, 4.69) is 5.32 Å². The molecule has 218 valence electrons. The van der Waals surface area contributed by atoms with E-state index in [9.17, 15) is 18.0 Å². The van der Waals surface area contributed by atoms with Crippen molar-refractivity contribution in [2.45, 2.75) is 52.7 Å². The minimum Gasteiger partial charge on any atom is -0.454 e. The molecule has 0 radical (unpaired) electrons. The average molecular weight is 580 g/mol. The van der Waals surface area contributed by atoms with Crippen LogP contribution in [-0.4, -0.2) is 56.3 Å². The lowest BCUT2D eigenvalue weighted by atomic mass is 10.0. The van der Waals surface area contributed by atoms with Crippen LogP contribution in [-0.2, 0) is 32.6 Å². The summed E-state index contributed by atoms with van der Waals surface area (Å²) in [6.45, 7) is 6.90. The van der Waals surface area contributed by atoms with E-state index < -0.39 is 28.5 Å². The van der Waals surface area contributed by atoms with Gasteiger partial charge in [0.1, 0.15) is 12.6 Å². The maximum Gasteiger partial charge on any atom is 0.244 e. The van der Waals surface area contributed by atoms with Crippen LogP contribution in [0.15, 0.2) is 72.8 Å². The van der Waals surface area contributed by atoms with E-state index in [0.717, 1.165) is 21.0 Å². The second-order valence-corrected chi connectivity index (χ2v) is 12.5. The predicted molar refractivity (Wildman–Crippen MR) is 158 cm³/mol. The first-order valence-electron chi connectivity index (χ1n) is 13.7. The van der Waals surface area contributed by atoms with Gasteiger partial charge in [-0.2, -0.15) is 0 Å². The minimum absolute atomic E-state index is 0.0364. The van der Waals surface area contributed by atoms with Crippen LogP contribution in [0.4, 0.5) is 5.69 Å². The van der Waals surface area contributed by atoms with E-state index in [1.54, 1.807) is 18.2 Å². The van der Waals surface area contributed by atoms with Gasteiger partial charge >= 0.3 is 0 Å². The van der Waals surface area contributed by atoms with Crippen molar-refractivity contribution in [3.8, 4) is 11.5 Å². The molecule has 4 rings (SSSR count). The Labute approximate surface area is 242 Å². The number of hydrogen-bond acceptors (Lipinski definition) is 6. The van der Waals surface area contributed by atoms with Gasteiger partial charge in [0, 0.05) is 25.1 Å². The number of benzene rings is 3. The highest BCUT2D eigenvalue weighted by Gasteiger charge is 2.34. The maximum absolute atomic E-state index is 14.2. The number of nitrogens with zero attached hydrogens (tertiary/aromatic N) is 2. The van der Waals surface area contributed by atoms with E-state index in [1.165, 1.54) is 11.8 Å². The second kappa shape index (κ2) is 13.1. The Balaban J connectivity index is 1.74. The molecule has 9 nitrogen and oxygen atoms in total. The Bertz CT molecular complexity index is 1460. The molecule has 0 fully saturated rings. The molecule has 1 atom stereocenters. The standard InChI is InChI=1S/C31H37N3O6S/c1-5-41(37,38)34(26-15-16-28-29(18-26)40-21-39-28)20-30(35)33(19-25-13-11-23(4)12-14-25)27(31(36)32-22(2)3)17-24-9-7-6-8-10-24/h6-16,18,22,27H,5,17,19-21H2,1-4H3,(H,32,36). The third-order valence-corrected chi connectivity index (χ3v) is 8.54. The number of aryl methyl sites for hydroxylation is 1. The van der Waals surface area contributed by atoms with E-state index in [1.807, 2.05) is 75.4 Å². The van der Waals surface area contributed by atoms with Crippen molar-refractivity contribution < 1.29 is 27.5 Å². The summed E-state index contributed by atoms with van der Waals surface area (Å²) in [6.07, 6.45) is 0.265. The molecule has 1 heterocycles. The monoisotopic (exact) mass is 579 g/mol. The van der Waals surface area contributed by atoms with Gasteiger partial charge < -0.3 is 19.7 Å². The fraction of sp³-hybridized carbons (Fsp3) is 0.355. The molecule has 0 saturated heterocycles. The first-order valence-corrected chi connectivity index (χ1v) is 15.3. The van der Waals surface area contributed by atoms with Gasteiger partial charge in [0.15, 0.2) is 11.5 Å². The number of carbonyl (C=O) groups is 2. The van der Waals surface area contributed by atoms with Crippen LogP contribution in [0.2, 0.25) is 0 Å². The third-order valence-electron chi connectivity index (χ3n) is 6.80. The summed E-state index contributed by atoms with van der Waals surface area (Å²) in [5.74, 6) is -0.116. The number of carbonyl (C=O) groups excluding carboxylic acids is 2. The lowest BCUT2D eigenvalue weighted by Crippen LogP contribution is -2.54. The van der Waals surface area contributed by atoms with Gasteiger partial charge in [-0.3, -0.25) is 13.9 Å². The number of anilines is 1. The molecular formula is C31H37N3O6S. The van der Waals surface area contributed by atoms with Gasteiger partial charge in [-0.15, -0.1) is 0 Å². The van der Waals surface area contributed by atoms with Crippen molar-refractivity contribution in [2.75, 3.05) is 23.4 Å². The number of hydrogen-bond donors (Lipinski definition) is 1. The third kappa shape index (κ3) is 7.58. The SMILES string of the molecule is CCS(=O)(=O)N(CC(=O)N(Cc1ccc(C)cc1)C(Cc1ccccc1)C(=O)NC(C)C)c1ccc2c(c1)OCO2. The molecule has 0 spiro atoms. The van der Waals surface area contributed by atoms with E-state index >= 15 is 0 Å². The molecule has 10 heteroatoms. The summed E-state index contributed by atoms with van der Waals surface area (Å²) < 4.78 is 38.5. The molecule has 1 unspecified atom stereocenters. The highest BCUT2D eigenvalue weighted by molar-refractivity contribution is 7.92. The fourth-order valence-electron chi connectivity index (χ4n) is 4.58. The average Bonchev–Trinajstić information content (AvgIpc) is 3.42. The van der Waals surface area contributed by atoms with Crippen molar-refractivity contribution in [1.82, 2.24) is 10.2 Å². The van der Waals surface area contributed by atoms with Gasteiger partial charge in [-0.25, -0.2) is 8.42 Å². The molecule has 1 N–H and O–H groups in total. The summed E-state index contributed by atoms with van der Waals surface area (Å²) in [7, 11) is -3.87. The van der Waals surface area contributed by atoms with Crippen molar-refractivity contribution in [3.05, 3.63) is 89.5 Å². The van der Waals surface area contributed by atoms with E-state index in [0.29, 0.717) is 11.5 Å². The van der Waals surface area contributed by atoms with E-state index in [-0.39, 0.29) is 43.1 Å². The smallest absolute Gasteiger partial charge is 0.244 e. The highest BCUT2D eigenvalue weighted by atomic mass is 32.2. The Kier molecular flexibility index (Phi) is 9.54. The molecule has 0 aliphatic carbocycles. The largest absolute Gasteiger partial charge is 0.454 e. The van der Waals surface area contributed by atoms with Crippen molar-refractivity contribution in [3.63, 3.8) is 0 Å². The maximum atomic E-state index is 14.2. The number of amides is 2. The summed E-state index contributed by atoms with van der Waals surface area (Å²) in [6, 6.07) is 20.9. The first kappa shape index (κ1) is 29.9. The van der Waals surface area contributed by atoms with Crippen LogP contribution in [0.1, 0.15) is 37.5 Å². The zero-order valence-corrected chi connectivity index (χ0v) is 24.7. The molecule has 0 bridgehead atoms. The normalized spacial score (nSPS) is 13.1. The summed E-state index contributed by atoms with van der Waals surface area (Å²) in [5, 5.41) is 2.95. The minimum atomic E-state index is -3.87. The summed E-state index contributed by atoms with van der Waals surface area (Å²) >= 11 is 0. The first-order chi connectivity index (χ1) is 19.6. The van der Waals surface area contributed by atoms with Crippen LogP contribution < -0.4 is 19.1 Å². The Morgan fingerprint density at radius 1 is 0.927 bits per heavy atom. The zero-order valence-electron chi connectivity index (χ0n) is 23.9. The van der Waals surface area contributed by atoms with Gasteiger partial charge in [0.25, 0.3) is 0 Å². The van der Waals surface area contributed by atoms with Crippen LogP contribution in [0.25, 0.3) is 0 Å². The molecule has 0 saturated carbocycles. The van der Waals surface area contributed by atoms with Crippen molar-refractivity contribution in [2.24, 2.45) is 0 Å². The van der Waals surface area contributed by atoms with Crippen molar-refractivity contribution >= 4 is 27.5 Å². The van der Waals surface area contributed by atoms with Crippen LogP contribution >= 0.6 is 0 Å². The Morgan fingerprint density at radius 3 is 2.27 bits per heavy atom. The van der Waals surface area contributed by atoms with Crippen LogP contribution in [0, 0.1) is 6.92 Å². The molecule has 1 aliphatic heterocycles. The number of fused-ring (bicyclic) bond motifs is 1. The molecule has 41 heavy (non-hydrogen) atoms. The quantitative estimate of drug-likeness (QED) is 0.347. The lowest BCUT2D eigenvalue weighted by Gasteiger charge is -2.34. The van der Waals surface area contributed by atoms with Crippen molar-refractivity contribution in [1.29, 1.82) is 0 Å². The number of nitrogens with one attached hydrogen (secondary N) is 1. The van der Waals surface area contributed by atoms with Gasteiger partial charge in [-0.1, -0.05) is 60.2 Å². The van der Waals surface area contributed by atoms with Gasteiger partial charge in [-0.05, 0) is 51.0 Å². The predicted octanol–water partition coefficient (Wildman–Crippen LogP) is 4.04. The Morgan fingerprint density at radius 2 is 1.61 bits per heavy atom. The van der Waals surface area contributed by atoms with Crippen LogP contribution in [0.5, 0.6) is 11.5 Å². The van der Waals surface area contributed by atoms with Gasteiger partial charge in [0.2, 0.25) is 28.6 Å². The molecule has 0 aromatic heterocycles. The Hall–Kier alpha value is -4.05.